The molecule has 0 saturated heterocycles. The molecule has 0 amide bonds. The Kier molecular flexibility index (Phi) is 2.56. The molecule has 0 aliphatic carbocycles. The van der Waals surface area contributed by atoms with E-state index in [4.69, 9.17) is 5.26 Å². The first-order valence-electron chi connectivity index (χ1n) is 3.69. The van der Waals surface area contributed by atoms with Crippen LogP contribution < -0.4 is 0 Å². The molecule has 0 aromatic heterocycles. The van der Waals surface area contributed by atoms with Crippen molar-refractivity contribution in [2.75, 3.05) is 0 Å². The summed E-state index contributed by atoms with van der Waals surface area (Å²) in [7, 11) is 0. The largest absolute Gasteiger partial charge is 0.298 e. The molecule has 0 aliphatic heterocycles. The zero-order chi connectivity index (χ0) is 9.84. The summed E-state index contributed by atoms with van der Waals surface area (Å²) in [5, 5.41) is 8.54. The van der Waals surface area contributed by atoms with Gasteiger partial charge in [-0.25, -0.2) is 0 Å². The molecule has 0 heterocycles. The standard InChI is InChI=1S/C10H7NO2/c1-7(13)10-3-2-8(5-11)4-9(10)6-12/h2-4,6H,1H3. The van der Waals surface area contributed by atoms with Crippen molar-refractivity contribution in [1.82, 2.24) is 0 Å². The Hall–Kier alpha value is -1.95. The topological polar surface area (TPSA) is 57.9 Å². The van der Waals surface area contributed by atoms with Gasteiger partial charge in [0.1, 0.15) is 0 Å². The number of ketones is 1. The van der Waals surface area contributed by atoms with Gasteiger partial charge in [-0.2, -0.15) is 5.26 Å². The average Bonchev–Trinajstić information content (AvgIpc) is 2.16. The molecule has 64 valence electrons. The van der Waals surface area contributed by atoms with E-state index < -0.39 is 0 Å². The minimum Gasteiger partial charge on any atom is -0.298 e. The molecule has 3 heteroatoms. The van der Waals surface area contributed by atoms with Crippen molar-refractivity contribution in [3.8, 4) is 6.07 Å². The molecule has 0 radical (unpaired) electrons. The number of carbonyl (C=O) groups is 2. The monoisotopic (exact) mass is 173 g/mol. The SMILES string of the molecule is CC(=O)c1ccc(C#N)cc1C=O. The molecule has 3 nitrogen and oxygen atoms in total. The van der Waals surface area contributed by atoms with Gasteiger partial charge in [0, 0.05) is 11.1 Å². The third-order valence-corrected chi connectivity index (χ3v) is 1.69. The minimum absolute atomic E-state index is 0.174. The molecule has 13 heavy (non-hydrogen) atoms. The average molecular weight is 173 g/mol. The zero-order valence-electron chi connectivity index (χ0n) is 7.07. The lowest BCUT2D eigenvalue weighted by Crippen LogP contribution is -1.98. The van der Waals surface area contributed by atoms with Crippen LogP contribution in [0.1, 0.15) is 33.2 Å². The molecule has 0 atom stereocenters. The summed E-state index contributed by atoms with van der Waals surface area (Å²) in [6, 6.07) is 6.31. The van der Waals surface area contributed by atoms with E-state index in [1.807, 2.05) is 6.07 Å². The molecule has 0 spiro atoms. The van der Waals surface area contributed by atoms with Crippen LogP contribution in [0.2, 0.25) is 0 Å². The Morgan fingerprint density at radius 3 is 2.69 bits per heavy atom. The number of aldehydes is 1. The van der Waals surface area contributed by atoms with E-state index in [-0.39, 0.29) is 11.3 Å². The van der Waals surface area contributed by atoms with Gasteiger partial charge in [-0.05, 0) is 25.1 Å². The van der Waals surface area contributed by atoms with E-state index in [0.717, 1.165) is 0 Å². The quantitative estimate of drug-likeness (QED) is 0.503. The highest BCUT2D eigenvalue weighted by Gasteiger charge is 2.06. The molecule has 0 aliphatic rings. The predicted molar refractivity (Wildman–Crippen MR) is 46.5 cm³/mol. The molecule has 0 saturated carbocycles. The van der Waals surface area contributed by atoms with Crippen LogP contribution >= 0.6 is 0 Å². The molecule has 0 fully saturated rings. The molecule has 1 rings (SSSR count). The van der Waals surface area contributed by atoms with Crippen LogP contribution in [-0.4, -0.2) is 12.1 Å². The maximum atomic E-state index is 11.0. The van der Waals surface area contributed by atoms with E-state index in [0.29, 0.717) is 17.4 Å². The summed E-state index contributed by atoms with van der Waals surface area (Å²) in [6.07, 6.45) is 0.581. The van der Waals surface area contributed by atoms with E-state index >= 15 is 0 Å². The summed E-state index contributed by atoms with van der Waals surface area (Å²) in [5.74, 6) is -0.174. The van der Waals surface area contributed by atoms with Crippen molar-refractivity contribution >= 4 is 12.1 Å². The molecule has 0 bridgehead atoms. The van der Waals surface area contributed by atoms with E-state index in [9.17, 15) is 9.59 Å². The van der Waals surface area contributed by atoms with Gasteiger partial charge in [0.15, 0.2) is 12.1 Å². The number of nitrogens with zero attached hydrogens (tertiary/aromatic N) is 1. The van der Waals surface area contributed by atoms with Crippen LogP contribution in [0.3, 0.4) is 0 Å². The molecule has 0 N–H and O–H groups in total. The van der Waals surface area contributed by atoms with Crippen molar-refractivity contribution < 1.29 is 9.59 Å². The second-order valence-electron chi connectivity index (χ2n) is 2.59. The lowest BCUT2D eigenvalue weighted by atomic mass is 10.0. The Bertz CT molecular complexity index is 402. The van der Waals surface area contributed by atoms with Crippen molar-refractivity contribution in [3.05, 3.63) is 34.9 Å². The lowest BCUT2D eigenvalue weighted by molar-refractivity contribution is 0.101. The Morgan fingerprint density at radius 1 is 1.54 bits per heavy atom. The molecular formula is C10H7NO2. The lowest BCUT2D eigenvalue weighted by Gasteiger charge is -1.99. The number of nitriles is 1. The van der Waals surface area contributed by atoms with E-state index in [2.05, 4.69) is 0 Å². The Morgan fingerprint density at radius 2 is 2.23 bits per heavy atom. The molecule has 1 aromatic carbocycles. The van der Waals surface area contributed by atoms with Gasteiger partial charge in [-0.3, -0.25) is 9.59 Å². The number of Topliss-reactive ketones (excluding diaryl/α,β-unsaturated/α-hetero) is 1. The van der Waals surface area contributed by atoms with Gasteiger partial charge in [-0.15, -0.1) is 0 Å². The maximum Gasteiger partial charge on any atom is 0.160 e. The first-order chi connectivity index (χ1) is 6.19. The number of benzene rings is 1. The fraction of sp³-hybridized carbons (Fsp3) is 0.100. The van der Waals surface area contributed by atoms with Gasteiger partial charge < -0.3 is 0 Å². The van der Waals surface area contributed by atoms with Gasteiger partial charge >= 0.3 is 0 Å². The van der Waals surface area contributed by atoms with Crippen molar-refractivity contribution in [1.29, 1.82) is 5.26 Å². The molecular weight excluding hydrogens is 166 g/mol. The van der Waals surface area contributed by atoms with Gasteiger partial charge in [-0.1, -0.05) is 0 Å². The summed E-state index contributed by atoms with van der Waals surface area (Å²) in [5.41, 5.74) is 1.01. The maximum absolute atomic E-state index is 11.0. The van der Waals surface area contributed by atoms with Crippen LogP contribution in [0, 0.1) is 11.3 Å². The summed E-state index contributed by atoms with van der Waals surface area (Å²) < 4.78 is 0. The Labute approximate surface area is 75.6 Å². The molecule has 1 aromatic rings. The van der Waals surface area contributed by atoms with Crippen LogP contribution in [0.4, 0.5) is 0 Å². The number of hydrogen-bond donors (Lipinski definition) is 0. The van der Waals surface area contributed by atoms with Crippen LogP contribution in [0.25, 0.3) is 0 Å². The fourth-order valence-corrected chi connectivity index (χ4v) is 1.05. The highest BCUT2D eigenvalue weighted by atomic mass is 16.1. The third-order valence-electron chi connectivity index (χ3n) is 1.69. The number of carbonyl (C=O) groups excluding carboxylic acids is 2. The first-order valence-corrected chi connectivity index (χ1v) is 3.69. The van der Waals surface area contributed by atoms with Gasteiger partial charge in [0.05, 0.1) is 11.6 Å². The van der Waals surface area contributed by atoms with E-state index in [1.165, 1.54) is 25.1 Å². The minimum atomic E-state index is -0.174. The Balaban J connectivity index is 3.33. The molecule has 0 unspecified atom stereocenters. The first kappa shape index (κ1) is 9.14. The zero-order valence-corrected chi connectivity index (χ0v) is 7.07. The number of hydrogen-bond acceptors (Lipinski definition) is 3. The second-order valence-corrected chi connectivity index (χ2v) is 2.59. The number of rotatable bonds is 2. The van der Waals surface area contributed by atoms with Crippen LogP contribution in [0.5, 0.6) is 0 Å². The van der Waals surface area contributed by atoms with Gasteiger partial charge in [0.2, 0.25) is 0 Å². The summed E-state index contributed by atoms with van der Waals surface area (Å²) >= 11 is 0. The predicted octanol–water partition coefficient (Wildman–Crippen LogP) is 1.57. The van der Waals surface area contributed by atoms with E-state index in [1.54, 1.807) is 0 Å². The second kappa shape index (κ2) is 3.63. The van der Waals surface area contributed by atoms with Crippen molar-refractivity contribution in [2.45, 2.75) is 6.92 Å². The van der Waals surface area contributed by atoms with Crippen LogP contribution in [0.15, 0.2) is 18.2 Å². The van der Waals surface area contributed by atoms with Crippen LogP contribution in [-0.2, 0) is 0 Å². The van der Waals surface area contributed by atoms with Gasteiger partial charge in [0.25, 0.3) is 0 Å². The van der Waals surface area contributed by atoms with Crippen molar-refractivity contribution in [2.24, 2.45) is 0 Å². The smallest absolute Gasteiger partial charge is 0.160 e. The normalized spacial score (nSPS) is 8.92. The fourth-order valence-electron chi connectivity index (χ4n) is 1.05. The highest BCUT2D eigenvalue weighted by molar-refractivity contribution is 6.01. The van der Waals surface area contributed by atoms with Crippen molar-refractivity contribution in [3.63, 3.8) is 0 Å². The highest BCUT2D eigenvalue weighted by Crippen LogP contribution is 2.10. The summed E-state index contributed by atoms with van der Waals surface area (Å²) in [4.78, 5) is 21.5. The summed E-state index contributed by atoms with van der Waals surface area (Å²) in [6.45, 7) is 1.38. The third kappa shape index (κ3) is 1.79.